The van der Waals surface area contributed by atoms with Crippen molar-refractivity contribution in [1.29, 1.82) is 0 Å². The molecule has 116 valence electrons. The van der Waals surface area contributed by atoms with Gasteiger partial charge in [-0.05, 0) is 44.1 Å². The van der Waals surface area contributed by atoms with Gasteiger partial charge in [0.05, 0.1) is 18.8 Å². The van der Waals surface area contributed by atoms with Crippen LogP contribution in [0.15, 0.2) is 0 Å². The van der Waals surface area contributed by atoms with Crippen molar-refractivity contribution >= 4 is 0 Å². The average Bonchev–Trinajstić information content (AvgIpc) is 2.93. The molecule has 0 saturated carbocycles. The lowest BCUT2D eigenvalue weighted by molar-refractivity contribution is -0.109. The number of ether oxygens (including phenoxy) is 3. The van der Waals surface area contributed by atoms with Gasteiger partial charge >= 0.3 is 0 Å². The molecule has 0 aromatic heterocycles. The first-order valence-corrected chi connectivity index (χ1v) is 8.36. The van der Waals surface area contributed by atoms with Gasteiger partial charge in [0.15, 0.2) is 0 Å². The summed E-state index contributed by atoms with van der Waals surface area (Å²) in [5.41, 5.74) is 0.0200. The number of hydrogen-bond acceptors (Lipinski definition) is 4. The lowest BCUT2D eigenvalue weighted by Crippen LogP contribution is -2.51. The molecule has 20 heavy (non-hydrogen) atoms. The van der Waals surface area contributed by atoms with Crippen LogP contribution in [0, 0.1) is 11.8 Å². The van der Waals surface area contributed by atoms with Crippen LogP contribution in [0.5, 0.6) is 0 Å². The lowest BCUT2D eigenvalue weighted by atomic mass is 9.75. The minimum atomic E-state index is 0.0200. The maximum Gasteiger partial charge on any atom is 0.0939 e. The standard InChI is InChI=1S/C16H29NO3/c1-2-17-15(14-4-3-7-18-11-14)13-5-8-20-16(10-13)6-9-19-12-16/h13-15,17H,2-12H2,1H3. The second kappa shape index (κ2) is 6.73. The zero-order valence-corrected chi connectivity index (χ0v) is 12.7. The van der Waals surface area contributed by atoms with Gasteiger partial charge in [0.25, 0.3) is 0 Å². The molecule has 3 aliphatic heterocycles. The largest absolute Gasteiger partial charge is 0.381 e. The lowest BCUT2D eigenvalue weighted by Gasteiger charge is -2.43. The first-order chi connectivity index (χ1) is 9.83. The molecule has 3 fully saturated rings. The first-order valence-electron chi connectivity index (χ1n) is 8.36. The Hall–Kier alpha value is -0.160. The second-order valence-electron chi connectivity index (χ2n) is 6.65. The third-order valence-electron chi connectivity index (χ3n) is 5.25. The fourth-order valence-corrected chi connectivity index (χ4v) is 4.24. The Morgan fingerprint density at radius 2 is 2.10 bits per heavy atom. The summed E-state index contributed by atoms with van der Waals surface area (Å²) in [6.07, 6.45) is 5.92. The molecule has 1 N–H and O–H groups in total. The molecule has 0 aromatic rings. The summed E-state index contributed by atoms with van der Waals surface area (Å²) in [6.45, 7) is 7.68. The molecule has 0 bridgehead atoms. The summed E-state index contributed by atoms with van der Waals surface area (Å²) in [5, 5.41) is 3.75. The molecule has 3 saturated heterocycles. The van der Waals surface area contributed by atoms with Gasteiger partial charge in [-0.3, -0.25) is 0 Å². The van der Waals surface area contributed by atoms with E-state index in [1.807, 2.05) is 0 Å². The summed E-state index contributed by atoms with van der Waals surface area (Å²) in [4.78, 5) is 0. The predicted octanol–water partition coefficient (Wildman–Crippen LogP) is 1.98. The van der Waals surface area contributed by atoms with Gasteiger partial charge in [-0.25, -0.2) is 0 Å². The van der Waals surface area contributed by atoms with Crippen molar-refractivity contribution in [3.63, 3.8) is 0 Å². The summed E-state index contributed by atoms with van der Waals surface area (Å²) < 4.78 is 17.4. The van der Waals surface area contributed by atoms with Crippen molar-refractivity contribution in [2.45, 2.75) is 50.7 Å². The van der Waals surface area contributed by atoms with E-state index in [9.17, 15) is 0 Å². The van der Waals surface area contributed by atoms with Crippen LogP contribution in [0.25, 0.3) is 0 Å². The Morgan fingerprint density at radius 1 is 1.15 bits per heavy atom. The molecular formula is C16H29NO3. The molecular weight excluding hydrogens is 254 g/mol. The SMILES string of the molecule is CCNC(C1CCCOC1)C1CCOC2(CCOC2)C1. The summed E-state index contributed by atoms with van der Waals surface area (Å²) in [5.74, 6) is 1.38. The van der Waals surface area contributed by atoms with Crippen LogP contribution in [-0.2, 0) is 14.2 Å². The number of rotatable bonds is 4. The maximum absolute atomic E-state index is 6.09. The Kier molecular flexibility index (Phi) is 4.97. The first kappa shape index (κ1) is 14.8. The minimum absolute atomic E-state index is 0.0200. The fraction of sp³-hybridized carbons (Fsp3) is 1.00. The van der Waals surface area contributed by atoms with Crippen LogP contribution in [0.2, 0.25) is 0 Å². The van der Waals surface area contributed by atoms with E-state index in [1.54, 1.807) is 0 Å². The fourth-order valence-electron chi connectivity index (χ4n) is 4.24. The van der Waals surface area contributed by atoms with E-state index in [4.69, 9.17) is 14.2 Å². The molecule has 4 heteroatoms. The predicted molar refractivity (Wildman–Crippen MR) is 77.9 cm³/mol. The van der Waals surface area contributed by atoms with E-state index in [1.165, 1.54) is 19.3 Å². The normalized spacial score (nSPS) is 40.0. The number of hydrogen-bond donors (Lipinski definition) is 1. The highest BCUT2D eigenvalue weighted by atomic mass is 16.6. The van der Waals surface area contributed by atoms with E-state index in [2.05, 4.69) is 12.2 Å². The molecule has 4 nitrogen and oxygen atoms in total. The highest BCUT2D eigenvalue weighted by Gasteiger charge is 2.44. The van der Waals surface area contributed by atoms with Crippen LogP contribution < -0.4 is 5.32 Å². The highest BCUT2D eigenvalue weighted by molar-refractivity contribution is 4.95. The molecule has 0 aliphatic carbocycles. The van der Waals surface area contributed by atoms with Gasteiger partial charge in [-0.15, -0.1) is 0 Å². The topological polar surface area (TPSA) is 39.7 Å². The smallest absolute Gasteiger partial charge is 0.0939 e. The maximum atomic E-state index is 6.09. The third kappa shape index (κ3) is 3.19. The summed E-state index contributed by atoms with van der Waals surface area (Å²) >= 11 is 0. The van der Waals surface area contributed by atoms with Crippen molar-refractivity contribution < 1.29 is 14.2 Å². The van der Waals surface area contributed by atoms with Crippen molar-refractivity contribution in [3.8, 4) is 0 Å². The monoisotopic (exact) mass is 283 g/mol. The van der Waals surface area contributed by atoms with Gasteiger partial charge in [0.1, 0.15) is 0 Å². The molecule has 4 unspecified atom stereocenters. The molecule has 3 rings (SSSR count). The van der Waals surface area contributed by atoms with E-state index >= 15 is 0 Å². The molecule has 0 amide bonds. The molecule has 0 aromatic carbocycles. The van der Waals surface area contributed by atoms with E-state index in [0.717, 1.165) is 52.4 Å². The van der Waals surface area contributed by atoms with Gasteiger partial charge in [-0.1, -0.05) is 6.92 Å². The van der Waals surface area contributed by atoms with Crippen LogP contribution in [0.3, 0.4) is 0 Å². The number of nitrogens with one attached hydrogen (secondary N) is 1. The van der Waals surface area contributed by atoms with Crippen molar-refractivity contribution in [2.75, 3.05) is 39.6 Å². The second-order valence-corrected chi connectivity index (χ2v) is 6.65. The Morgan fingerprint density at radius 3 is 2.80 bits per heavy atom. The molecule has 3 aliphatic rings. The Balaban J connectivity index is 1.66. The molecule has 0 radical (unpaired) electrons. The van der Waals surface area contributed by atoms with E-state index in [-0.39, 0.29) is 5.60 Å². The van der Waals surface area contributed by atoms with Crippen LogP contribution in [0.1, 0.15) is 39.0 Å². The quantitative estimate of drug-likeness (QED) is 0.856. The van der Waals surface area contributed by atoms with Gasteiger partial charge in [0, 0.05) is 32.3 Å². The average molecular weight is 283 g/mol. The van der Waals surface area contributed by atoms with Crippen LogP contribution in [0.4, 0.5) is 0 Å². The highest BCUT2D eigenvalue weighted by Crippen LogP contribution is 2.39. The van der Waals surface area contributed by atoms with Gasteiger partial charge in [0.2, 0.25) is 0 Å². The third-order valence-corrected chi connectivity index (χ3v) is 5.25. The van der Waals surface area contributed by atoms with Gasteiger partial charge < -0.3 is 19.5 Å². The van der Waals surface area contributed by atoms with Gasteiger partial charge in [-0.2, -0.15) is 0 Å². The zero-order chi connectivity index (χ0) is 13.8. The minimum Gasteiger partial charge on any atom is -0.381 e. The summed E-state index contributed by atoms with van der Waals surface area (Å²) in [6, 6.07) is 0.585. The molecule has 3 heterocycles. The Labute approximate surface area is 122 Å². The summed E-state index contributed by atoms with van der Waals surface area (Å²) in [7, 11) is 0. The Bertz CT molecular complexity index is 298. The van der Waals surface area contributed by atoms with Crippen LogP contribution >= 0.6 is 0 Å². The van der Waals surface area contributed by atoms with Crippen molar-refractivity contribution in [3.05, 3.63) is 0 Å². The van der Waals surface area contributed by atoms with Crippen LogP contribution in [-0.4, -0.2) is 51.2 Å². The molecule has 4 atom stereocenters. The molecule has 1 spiro atoms. The van der Waals surface area contributed by atoms with Crippen molar-refractivity contribution in [2.24, 2.45) is 11.8 Å². The van der Waals surface area contributed by atoms with E-state index < -0.39 is 0 Å². The van der Waals surface area contributed by atoms with Crippen molar-refractivity contribution in [1.82, 2.24) is 5.32 Å². The van der Waals surface area contributed by atoms with E-state index in [0.29, 0.717) is 17.9 Å². The zero-order valence-electron chi connectivity index (χ0n) is 12.7.